The van der Waals surface area contributed by atoms with E-state index in [0.29, 0.717) is 0 Å². The Morgan fingerprint density at radius 2 is 1.59 bits per heavy atom. The van der Waals surface area contributed by atoms with Crippen molar-refractivity contribution in [3.63, 3.8) is 0 Å². The molecule has 0 aliphatic heterocycles. The number of esters is 2. The predicted molar refractivity (Wildman–Crippen MR) is 161 cm³/mol. The summed E-state index contributed by atoms with van der Waals surface area (Å²) in [5.41, 5.74) is -8.76. The summed E-state index contributed by atoms with van der Waals surface area (Å²) in [5.74, 6) is -6.98. The summed E-state index contributed by atoms with van der Waals surface area (Å²) < 4.78 is 54.3. The zero-order valence-electron chi connectivity index (χ0n) is 27.9. The number of allylic oxidation sites excluding steroid dienone is 4. The molecule has 4 aliphatic carbocycles. The monoisotopic (exact) mass is 734 g/mol. The van der Waals surface area contributed by atoms with E-state index < -0.39 is 138 Å². The molecular formula is C31H40F2N2O16. The number of rotatable bonds is 18. The van der Waals surface area contributed by atoms with E-state index in [9.17, 15) is 49.6 Å². The highest BCUT2D eigenvalue weighted by Gasteiger charge is 2.78. The summed E-state index contributed by atoms with van der Waals surface area (Å²) in [7, 11) is 0. The first-order valence-electron chi connectivity index (χ1n) is 16.2. The Labute approximate surface area is 289 Å². The fraction of sp³-hybridized carbons (Fsp3) is 0.742. The Morgan fingerprint density at radius 3 is 2.27 bits per heavy atom. The third kappa shape index (κ3) is 7.44. The Balaban J connectivity index is 1.55. The molecule has 2 saturated carbocycles. The molecule has 4 aliphatic rings. The fourth-order valence-electron chi connectivity index (χ4n) is 8.35. The maximum atomic E-state index is 17.6. The highest BCUT2D eigenvalue weighted by molar-refractivity contribution is 5.95. The molecule has 20 heteroatoms. The molecule has 51 heavy (non-hydrogen) atoms. The van der Waals surface area contributed by atoms with Gasteiger partial charge in [-0.1, -0.05) is 13.0 Å². The van der Waals surface area contributed by atoms with Crippen LogP contribution in [0.1, 0.15) is 52.4 Å². The van der Waals surface area contributed by atoms with Gasteiger partial charge < -0.3 is 38.8 Å². The molecule has 0 saturated heterocycles. The van der Waals surface area contributed by atoms with Gasteiger partial charge in [0.05, 0.1) is 32.5 Å². The number of ketones is 2. The molecule has 0 heterocycles. The van der Waals surface area contributed by atoms with Crippen LogP contribution in [-0.2, 0) is 47.8 Å². The summed E-state index contributed by atoms with van der Waals surface area (Å²) in [6, 6.07) is 0. The van der Waals surface area contributed by atoms with E-state index in [2.05, 4.69) is 9.68 Å². The molecule has 0 amide bonds. The molecular weight excluding hydrogens is 694 g/mol. The average molecular weight is 735 g/mol. The Bertz CT molecular complexity index is 1470. The molecule has 0 aromatic heterocycles. The molecule has 0 aromatic carbocycles. The average Bonchev–Trinajstić information content (AvgIpc) is 3.27. The van der Waals surface area contributed by atoms with Gasteiger partial charge in [-0.2, -0.15) is 0 Å². The number of hydrogen-bond acceptors (Lipinski definition) is 16. The van der Waals surface area contributed by atoms with Crippen molar-refractivity contribution in [3.8, 4) is 0 Å². The van der Waals surface area contributed by atoms with Crippen LogP contribution < -0.4 is 0 Å². The normalized spacial score (nSPS) is 33.8. The summed E-state index contributed by atoms with van der Waals surface area (Å²) in [6.45, 7) is -0.179. The molecule has 0 spiro atoms. The lowest BCUT2D eigenvalue weighted by molar-refractivity contribution is -0.758. The van der Waals surface area contributed by atoms with Crippen molar-refractivity contribution in [2.24, 2.45) is 22.7 Å². The van der Waals surface area contributed by atoms with Crippen molar-refractivity contribution in [2.45, 2.75) is 75.9 Å². The Kier molecular flexibility index (Phi) is 12.1. The molecule has 2 N–H and O–H groups in total. The van der Waals surface area contributed by atoms with E-state index in [4.69, 9.17) is 18.9 Å². The number of carbonyl (C=O) groups excluding carboxylic acids is 4. The first-order chi connectivity index (χ1) is 23.9. The maximum Gasteiger partial charge on any atom is 0.332 e. The Hall–Kier alpha value is -4.14. The van der Waals surface area contributed by atoms with Gasteiger partial charge in [-0.05, 0) is 43.8 Å². The van der Waals surface area contributed by atoms with Gasteiger partial charge in [0.15, 0.2) is 18.1 Å². The molecule has 0 radical (unpaired) electrons. The number of ether oxygens (including phenoxy) is 4. The van der Waals surface area contributed by atoms with Crippen LogP contribution >= 0.6 is 0 Å². The standard InChI is InChI=1S/C31H40F2N2O16/c1-28-6-5-18(36)12-21(28)22(32)13-20-19-14-23(37)31(29(19,2)15-24(38)30(20,28)33,51-26(40)4-3-7-49-34(42)43)25(39)16-48-27(41)17-47-9-8-46-10-11-50-35(44)45/h5-6,19-20,23-24,37-38H,3-4,7-17H2,1-2H3/t19?,20?,23-,24+,28+,29+,30+,31+/m1/s1. The number of nitrogens with zero attached hydrogens (tertiary/aromatic N) is 2. The van der Waals surface area contributed by atoms with Crippen LogP contribution in [-0.4, -0.2) is 114 Å². The van der Waals surface area contributed by atoms with Gasteiger partial charge in [0, 0.05) is 36.0 Å². The van der Waals surface area contributed by atoms with Crippen molar-refractivity contribution in [1.29, 1.82) is 0 Å². The van der Waals surface area contributed by atoms with Crippen LogP contribution in [0.15, 0.2) is 23.6 Å². The van der Waals surface area contributed by atoms with Gasteiger partial charge in [0.25, 0.3) is 10.2 Å². The minimum Gasteiger partial charge on any atom is -0.456 e. The quantitative estimate of drug-likeness (QED) is 0.0870. The van der Waals surface area contributed by atoms with Crippen LogP contribution in [0.4, 0.5) is 8.78 Å². The highest BCUT2D eigenvalue weighted by Crippen LogP contribution is 2.70. The van der Waals surface area contributed by atoms with E-state index in [1.165, 1.54) is 19.9 Å². The van der Waals surface area contributed by atoms with E-state index >= 15 is 8.78 Å². The smallest absolute Gasteiger partial charge is 0.332 e. The van der Waals surface area contributed by atoms with Crippen molar-refractivity contribution < 1.29 is 77.0 Å². The van der Waals surface area contributed by atoms with Gasteiger partial charge in [0.1, 0.15) is 25.1 Å². The van der Waals surface area contributed by atoms with E-state index in [1.807, 2.05) is 0 Å². The summed E-state index contributed by atoms with van der Waals surface area (Å²) in [5, 5.41) is 41.8. The molecule has 8 atom stereocenters. The van der Waals surface area contributed by atoms with Crippen molar-refractivity contribution in [2.75, 3.05) is 46.2 Å². The lowest BCUT2D eigenvalue weighted by Gasteiger charge is -2.62. The van der Waals surface area contributed by atoms with Gasteiger partial charge >= 0.3 is 11.9 Å². The third-order valence-electron chi connectivity index (χ3n) is 10.6. The van der Waals surface area contributed by atoms with Crippen LogP contribution in [0.2, 0.25) is 0 Å². The first kappa shape index (κ1) is 39.6. The third-order valence-corrected chi connectivity index (χ3v) is 10.6. The highest BCUT2D eigenvalue weighted by atomic mass is 19.1. The van der Waals surface area contributed by atoms with Crippen LogP contribution in [0.5, 0.6) is 0 Å². The van der Waals surface area contributed by atoms with Crippen molar-refractivity contribution >= 4 is 23.5 Å². The van der Waals surface area contributed by atoms with Crippen LogP contribution in [0.3, 0.4) is 0 Å². The van der Waals surface area contributed by atoms with Gasteiger partial charge in [0.2, 0.25) is 11.4 Å². The molecule has 0 aromatic rings. The maximum absolute atomic E-state index is 17.6. The number of fused-ring (bicyclic) bond motifs is 5. The zero-order chi connectivity index (χ0) is 37.8. The van der Waals surface area contributed by atoms with E-state index in [-0.39, 0.29) is 38.4 Å². The fourth-order valence-corrected chi connectivity index (χ4v) is 8.35. The summed E-state index contributed by atoms with van der Waals surface area (Å²) in [6.07, 6.45) is -4.15. The minimum absolute atomic E-state index is 0.0764. The SMILES string of the molecule is C[C@]12C=CC(=O)CC1=C(F)CC1C3C[C@@H](O)[C@](OC(=O)CCCO[N+](=O)[O-])(C(=O)COC(=O)COCCOCCO[N+](=O)[O-])[C@@]3(C)C[C@H](O)[C@@]12F. The molecule has 18 nitrogen and oxygen atoms in total. The topological polar surface area (TPSA) is 250 Å². The number of Topliss-reactive ketones (excluding diaryl/α,β-unsaturated/α-hetero) is 1. The second kappa shape index (κ2) is 15.6. The molecule has 2 unspecified atom stereocenters. The zero-order valence-corrected chi connectivity index (χ0v) is 27.9. The molecule has 0 bridgehead atoms. The van der Waals surface area contributed by atoms with Crippen molar-refractivity contribution in [3.05, 3.63) is 43.8 Å². The second-order valence-electron chi connectivity index (χ2n) is 13.3. The molecule has 284 valence electrons. The number of halogens is 2. The van der Waals surface area contributed by atoms with Gasteiger partial charge in [-0.25, -0.2) is 13.6 Å². The number of aliphatic hydroxyl groups is 2. The summed E-state index contributed by atoms with van der Waals surface area (Å²) in [4.78, 5) is 80.8. The summed E-state index contributed by atoms with van der Waals surface area (Å²) >= 11 is 0. The van der Waals surface area contributed by atoms with Gasteiger partial charge in [-0.3, -0.25) is 14.4 Å². The number of aliphatic hydroxyl groups excluding tert-OH is 2. The lowest BCUT2D eigenvalue weighted by Crippen LogP contribution is -2.70. The van der Waals surface area contributed by atoms with E-state index in [0.717, 1.165) is 6.08 Å². The molecule has 4 rings (SSSR count). The predicted octanol–water partition coefficient (Wildman–Crippen LogP) is 1.25. The van der Waals surface area contributed by atoms with E-state index in [1.54, 1.807) is 0 Å². The second-order valence-corrected chi connectivity index (χ2v) is 13.3. The minimum atomic E-state index is -2.57. The lowest BCUT2D eigenvalue weighted by atomic mass is 9.45. The van der Waals surface area contributed by atoms with Crippen LogP contribution in [0, 0.1) is 42.9 Å². The largest absolute Gasteiger partial charge is 0.456 e. The van der Waals surface area contributed by atoms with Crippen LogP contribution in [0.25, 0.3) is 0 Å². The van der Waals surface area contributed by atoms with Gasteiger partial charge in [-0.15, -0.1) is 20.2 Å². The molecule has 2 fully saturated rings. The first-order valence-corrected chi connectivity index (χ1v) is 16.2. The Morgan fingerprint density at radius 1 is 0.941 bits per heavy atom. The number of hydrogen-bond donors (Lipinski definition) is 2. The van der Waals surface area contributed by atoms with Crippen molar-refractivity contribution in [1.82, 2.24) is 0 Å². The number of alkyl halides is 1. The number of carbonyl (C=O) groups is 4.